The Kier molecular flexibility index (Phi) is 15.4. The molecule has 1 aromatic carbocycles. The number of carboxylic acid groups (broad SMARTS) is 1. The number of ether oxygens (including phenoxy) is 3. The number of rotatable bonds is 10. The summed E-state index contributed by atoms with van der Waals surface area (Å²) in [6.45, 7) is -3.26. The van der Waals surface area contributed by atoms with Gasteiger partial charge in [0.1, 0.15) is 36.6 Å². The van der Waals surface area contributed by atoms with Crippen molar-refractivity contribution in [2.45, 2.75) is 162 Å². The summed E-state index contributed by atoms with van der Waals surface area (Å²) in [5, 5.41) is 91.3. The molecular weight excluding hydrogens is 799 g/mol. The van der Waals surface area contributed by atoms with Gasteiger partial charge in [0.15, 0.2) is 11.7 Å². The van der Waals surface area contributed by atoms with E-state index in [1.165, 1.54) is 23.9 Å². The summed E-state index contributed by atoms with van der Waals surface area (Å²) in [5.41, 5.74) is -3.88. The van der Waals surface area contributed by atoms with Crippen molar-refractivity contribution in [2.24, 2.45) is 0 Å². The van der Waals surface area contributed by atoms with E-state index in [0.29, 0.717) is 0 Å². The molecule has 9 N–H and O–H groups in total. The minimum atomic E-state index is -3.12. The van der Waals surface area contributed by atoms with Crippen LogP contribution >= 0.6 is 0 Å². The van der Waals surface area contributed by atoms with E-state index >= 15 is 0 Å². The number of aromatic carboxylic acids is 1. The second-order valence-corrected chi connectivity index (χ2v) is 25.3. The normalized spacial score (nSPS) is 36.1. The summed E-state index contributed by atoms with van der Waals surface area (Å²) in [6, 6.07) is 4.71. The molecule has 1 radical (unpaired) electrons. The standard InChI is InChI=1S/C20H26O14.3C6H11.Sn/c21-5-10-12(24)14(26)16(28)20(33-10,19(7-23)15(27)13(25)11(6-22)32-19)34-18(31)9-4-2-1-3-8(9)17(29)30;3*1-2-4-6-5-3-1;/h1-4,10-16,21-28H,5-7H2,(H,29,30);3*1H,2-6H2;/t10-,11-,12-,13-,14+,15+,16-,19+,20+;;;;/m1..../s1. The van der Waals surface area contributed by atoms with Gasteiger partial charge >= 0.3 is 140 Å². The van der Waals surface area contributed by atoms with Gasteiger partial charge in [-0.3, -0.25) is 0 Å². The molecule has 5 aliphatic rings. The first kappa shape index (κ1) is 42.7. The summed E-state index contributed by atoms with van der Waals surface area (Å²) >= 11 is -1.15. The third-order valence-corrected chi connectivity index (χ3v) is 25.4. The predicted molar refractivity (Wildman–Crippen MR) is 192 cm³/mol. The van der Waals surface area contributed by atoms with Crippen LogP contribution in [0.1, 0.15) is 117 Å². The fraction of sp³-hybridized carbons (Fsp3) is 0.789. The van der Waals surface area contributed by atoms with E-state index in [1.54, 1.807) is 96.3 Å². The zero-order valence-electron chi connectivity index (χ0n) is 30.4. The van der Waals surface area contributed by atoms with Crippen molar-refractivity contribution in [3.05, 3.63) is 35.4 Å². The van der Waals surface area contributed by atoms with Crippen molar-refractivity contribution < 1.29 is 69.8 Å². The molecule has 0 unspecified atom stereocenters. The van der Waals surface area contributed by atoms with Gasteiger partial charge in [-0.05, 0) is 12.1 Å². The Balaban J connectivity index is 0.000000239. The first-order valence-corrected chi connectivity index (χ1v) is 24.4. The van der Waals surface area contributed by atoms with Gasteiger partial charge in [0.2, 0.25) is 0 Å². The van der Waals surface area contributed by atoms with Crippen LogP contribution in [0.15, 0.2) is 24.3 Å². The Hall–Kier alpha value is -1.44. The van der Waals surface area contributed by atoms with Crippen molar-refractivity contribution in [3.8, 4) is 0 Å². The number of benzene rings is 1. The van der Waals surface area contributed by atoms with Gasteiger partial charge < -0.3 is 60.2 Å². The molecule has 0 spiro atoms. The third kappa shape index (κ3) is 8.77. The molecule has 0 aromatic heterocycles. The number of hydrogen-bond donors (Lipinski definition) is 9. The van der Waals surface area contributed by atoms with Gasteiger partial charge in [-0.1, -0.05) is 12.1 Å². The third-order valence-electron chi connectivity index (χ3n) is 12.4. The first-order valence-electron chi connectivity index (χ1n) is 19.5. The molecule has 299 valence electrons. The fourth-order valence-electron chi connectivity index (χ4n) is 9.57. The minimum Gasteiger partial charge on any atom is -0.478 e. The van der Waals surface area contributed by atoms with Gasteiger partial charge in [0, 0.05) is 0 Å². The average molecular weight is 859 g/mol. The molecule has 5 fully saturated rings. The van der Waals surface area contributed by atoms with Crippen LogP contribution < -0.4 is 0 Å². The Morgan fingerprint density at radius 1 is 0.642 bits per heavy atom. The van der Waals surface area contributed by atoms with E-state index in [9.17, 15) is 55.5 Å². The van der Waals surface area contributed by atoms with Crippen molar-refractivity contribution in [1.82, 2.24) is 0 Å². The number of carboxylic acids is 1. The molecule has 14 nitrogen and oxygen atoms in total. The van der Waals surface area contributed by atoms with Crippen molar-refractivity contribution in [1.29, 1.82) is 0 Å². The molecule has 0 amide bonds. The van der Waals surface area contributed by atoms with Crippen LogP contribution in [0.2, 0.25) is 11.8 Å². The molecule has 1 aromatic rings. The molecule has 3 aliphatic carbocycles. The number of carbonyl (C=O) groups is 2. The topological polar surface area (TPSA) is 244 Å². The van der Waals surface area contributed by atoms with E-state index in [4.69, 9.17) is 14.2 Å². The van der Waals surface area contributed by atoms with Gasteiger partial charge in [0.25, 0.3) is 5.79 Å². The maximum Gasteiger partial charge on any atom is 0.341 e. The molecule has 2 aliphatic heterocycles. The molecule has 15 heteroatoms. The van der Waals surface area contributed by atoms with Gasteiger partial charge in [-0.25, -0.2) is 9.59 Å². The van der Waals surface area contributed by atoms with Crippen LogP contribution in [-0.2, 0) is 14.2 Å². The van der Waals surface area contributed by atoms with E-state index < -0.39 is 117 Å². The Morgan fingerprint density at radius 2 is 1.09 bits per heavy atom. The quantitative estimate of drug-likeness (QED) is 0.121. The van der Waals surface area contributed by atoms with Crippen LogP contribution in [0.25, 0.3) is 0 Å². The predicted octanol–water partition coefficient (Wildman–Crippen LogP) is 2.04. The Labute approximate surface area is 317 Å². The SMILES string of the molecule is C1CC[CH]([Sn]([CH]2CCCCC2)[CH]2CCCCC2)CC1.O=C(O)c1ccccc1C(=O)O[C@@]1([C@@]2(CO)O[C@H](CO)[C@@H](O)[C@@H]2O)O[C@H](CO)[C@@H](O)[C@H](O)[C@H]1O. The number of carbonyl (C=O) groups excluding carboxylic acids is 1. The molecule has 2 heterocycles. The minimum absolute atomic E-state index is 0.536. The molecule has 6 rings (SSSR count). The van der Waals surface area contributed by atoms with E-state index in [-0.39, 0.29) is 0 Å². The molecule has 0 bridgehead atoms. The summed E-state index contributed by atoms with van der Waals surface area (Å²) in [4.78, 5) is 24.7. The zero-order chi connectivity index (χ0) is 38.3. The van der Waals surface area contributed by atoms with Crippen molar-refractivity contribution in [3.63, 3.8) is 0 Å². The van der Waals surface area contributed by atoms with E-state index in [1.807, 2.05) is 0 Å². The molecule has 9 atom stereocenters. The second kappa shape index (κ2) is 19.1. The Bertz CT molecular complexity index is 1290. The summed E-state index contributed by atoms with van der Waals surface area (Å²) in [5.74, 6) is -6.14. The second-order valence-electron chi connectivity index (χ2n) is 15.5. The van der Waals surface area contributed by atoms with E-state index in [0.717, 1.165) is 12.1 Å². The van der Waals surface area contributed by atoms with Gasteiger partial charge in [-0.2, -0.15) is 0 Å². The zero-order valence-corrected chi connectivity index (χ0v) is 33.2. The maximum atomic E-state index is 13.1. The number of hydrogen-bond acceptors (Lipinski definition) is 13. The molecule has 3 saturated carbocycles. The first-order chi connectivity index (χ1) is 25.5. The van der Waals surface area contributed by atoms with Crippen LogP contribution in [0.5, 0.6) is 0 Å². The van der Waals surface area contributed by atoms with Crippen LogP contribution in [0.3, 0.4) is 0 Å². The Morgan fingerprint density at radius 3 is 1.51 bits per heavy atom. The molecular formula is C38H59O14Sn. The van der Waals surface area contributed by atoms with Crippen LogP contribution in [0.4, 0.5) is 0 Å². The van der Waals surface area contributed by atoms with Crippen molar-refractivity contribution >= 4 is 31.7 Å². The molecule has 53 heavy (non-hydrogen) atoms. The van der Waals surface area contributed by atoms with Crippen LogP contribution in [-0.4, -0.2) is 152 Å². The number of aliphatic hydroxyl groups is 8. The smallest absolute Gasteiger partial charge is 0.341 e. The average Bonchev–Trinajstić information content (AvgIpc) is 3.45. The monoisotopic (exact) mass is 859 g/mol. The largest absolute Gasteiger partial charge is 0.478 e. The molecule has 2 saturated heterocycles. The number of esters is 1. The summed E-state index contributed by atoms with van der Waals surface area (Å²) < 4.78 is 20.2. The summed E-state index contributed by atoms with van der Waals surface area (Å²) in [7, 11) is 0. The summed E-state index contributed by atoms with van der Waals surface area (Å²) in [6.07, 6.45) is 10.1. The van der Waals surface area contributed by atoms with Gasteiger partial charge in [-0.15, -0.1) is 0 Å². The van der Waals surface area contributed by atoms with E-state index in [2.05, 4.69) is 0 Å². The van der Waals surface area contributed by atoms with Gasteiger partial charge in [0.05, 0.1) is 30.9 Å². The maximum absolute atomic E-state index is 13.1. The van der Waals surface area contributed by atoms with Crippen molar-refractivity contribution in [2.75, 3.05) is 19.8 Å². The fourth-order valence-corrected chi connectivity index (χ4v) is 24.5. The van der Waals surface area contributed by atoms with Crippen LogP contribution in [0, 0.1) is 0 Å². The number of aliphatic hydroxyl groups excluding tert-OH is 8.